The number of carbonyl (C=O) groups excluding carboxylic acids is 2. The van der Waals surface area contributed by atoms with Crippen molar-refractivity contribution in [1.29, 1.82) is 0 Å². The number of nitrogens with zero attached hydrogens (tertiary/aromatic N) is 6. The number of rotatable bonds is 2. The van der Waals surface area contributed by atoms with Gasteiger partial charge in [0.2, 0.25) is 0 Å². The third-order valence-corrected chi connectivity index (χ3v) is 10.2. The summed E-state index contributed by atoms with van der Waals surface area (Å²) in [6, 6.07) is -2.06. The minimum atomic E-state index is -5.18. The van der Waals surface area contributed by atoms with E-state index < -0.39 is 115 Å². The second-order valence-corrected chi connectivity index (χ2v) is 14.1. The van der Waals surface area contributed by atoms with E-state index in [0.717, 1.165) is 0 Å². The van der Waals surface area contributed by atoms with Gasteiger partial charge in [0.05, 0.1) is 0 Å². The van der Waals surface area contributed by atoms with Crippen LogP contribution in [0.5, 0.6) is 0 Å². The van der Waals surface area contributed by atoms with Crippen molar-refractivity contribution < 1.29 is 66.6 Å². The van der Waals surface area contributed by atoms with Crippen LogP contribution in [-0.4, -0.2) is 158 Å². The van der Waals surface area contributed by atoms with Gasteiger partial charge >= 0.3 is 258 Å². The molecule has 24 nitrogen and oxygen atoms in total. The predicted molar refractivity (Wildman–Crippen MR) is 149 cm³/mol. The number of fused-ring (bicyclic) bond motifs is 4. The van der Waals surface area contributed by atoms with Crippen molar-refractivity contribution in [3.05, 3.63) is 0 Å². The number of aliphatic hydroxyl groups is 2. The Morgan fingerprint density at radius 2 is 1.37 bits per heavy atom. The molecule has 46 heavy (non-hydrogen) atoms. The van der Waals surface area contributed by atoms with Gasteiger partial charge in [0, 0.05) is 0 Å². The molecule has 0 aromatic heterocycles. The Kier molecular flexibility index (Phi) is 7.79. The van der Waals surface area contributed by atoms with Gasteiger partial charge in [0.25, 0.3) is 0 Å². The number of nitrogens with two attached hydrogens (primary N) is 2. The number of ether oxygens (including phenoxy) is 2. The third-order valence-electron chi connectivity index (χ3n) is 8.07. The molecule has 7 heterocycles. The summed E-state index contributed by atoms with van der Waals surface area (Å²) < 4.78 is 45.9. The van der Waals surface area contributed by atoms with Gasteiger partial charge in [-0.1, -0.05) is 0 Å². The van der Waals surface area contributed by atoms with E-state index in [2.05, 4.69) is 30.6 Å². The number of hydrogen-bond acceptors (Lipinski definition) is 21. The molecule has 0 saturated carbocycles. The number of aliphatic hydroxyl groups excluding tert-OH is 2. The van der Waals surface area contributed by atoms with E-state index in [1.54, 1.807) is 0 Å². The monoisotopic (exact) mass is 696 g/mol. The topological polar surface area (TPSA) is 340 Å². The Morgan fingerprint density at radius 1 is 0.870 bits per heavy atom. The number of phosphoric ester groups is 1. The maximum absolute atomic E-state index is 13.1. The summed E-state index contributed by atoms with van der Waals surface area (Å²) in [4.78, 5) is 75.5. The van der Waals surface area contributed by atoms with Crippen LogP contribution in [0, 0.1) is 0 Å². The fraction of sp³-hybridized carbons (Fsp3) is 0.700. The molecular weight excluding hydrogens is 666 g/mol. The van der Waals surface area contributed by atoms with E-state index in [-0.39, 0.29) is 11.9 Å². The first-order valence-electron chi connectivity index (χ1n) is 13.7. The quantitative estimate of drug-likeness (QED) is 0.121. The van der Waals surface area contributed by atoms with E-state index in [0.29, 0.717) is 0 Å². The zero-order valence-corrected chi connectivity index (χ0v) is 25.1. The average Bonchev–Trinajstić information content (AvgIpc) is 3.72. The molecule has 254 valence electrons. The molecule has 26 heteroatoms. The average molecular weight is 696 g/mol. The Hall–Kier alpha value is -2.96. The van der Waals surface area contributed by atoms with Gasteiger partial charge in [-0.3, -0.25) is 0 Å². The molecule has 2 amide bonds. The molecule has 3 saturated heterocycles. The van der Waals surface area contributed by atoms with Crippen LogP contribution >= 0.6 is 16.0 Å². The number of nitrogens with one attached hydrogen (secondary N) is 2. The van der Waals surface area contributed by atoms with Crippen LogP contribution in [0.3, 0.4) is 0 Å². The van der Waals surface area contributed by atoms with Gasteiger partial charge < -0.3 is 0 Å². The van der Waals surface area contributed by atoms with Crippen molar-refractivity contribution in [2.75, 3.05) is 13.2 Å². The number of aliphatic imine (C=N–C) groups is 4. The fourth-order valence-electron chi connectivity index (χ4n) is 6.01. The van der Waals surface area contributed by atoms with Gasteiger partial charge in [-0.2, -0.15) is 0 Å². The molecule has 0 spiro atoms. The zero-order valence-electron chi connectivity index (χ0n) is 23.2. The third kappa shape index (κ3) is 5.53. The first-order valence-corrected chi connectivity index (χ1v) is 16.9. The first kappa shape index (κ1) is 31.6. The van der Waals surface area contributed by atoms with Crippen molar-refractivity contribution in [1.82, 2.24) is 20.4 Å². The molecule has 3 fully saturated rings. The Bertz CT molecular complexity index is 1470. The van der Waals surface area contributed by atoms with Crippen LogP contribution in [0.2, 0.25) is 0 Å². The number of carbonyl (C=O) groups is 2. The Labute approximate surface area is 257 Å². The van der Waals surface area contributed by atoms with Crippen LogP contribution in [-0.2, 0) is 41.7 Å². The molecule has 0 aromatic rings. The van der Waals surface area contributed by atoms with E-state index in [9.17, 15) is 39.0 Å². The van der Waals surface area contributed by atoms with Crippen LogP contribution in [0.4, 0.5) is 0 Å². The summed E-state index contributed by atoms with van der Waals surface area (Å²) in [5.41, 5.74) is 11.3. The predicted octanol–water partition coefficient (Wildman–Crippen LogP) is -6.56. The fourth-order valence-corrected chi connectivity index (χ4v) is 8.07. The number of hydrogen-bond donors (Lipinski definition) is 9. The molecule has 13 atom stereocenters. The summed E-state index contributed by atoms with van der Waals surface area (Å²) in [7, 11) is -10.2. The second kappa shape index (κ2) is 11.3. The van der Waals surface area contributed by atoms with Crippen LogP contribution in [0.1, 0.15) is 0 Å². The second-order valence-electron chi connectivity index (χ2n) is 11.0. The molecule has 7 aliphatic heterocycles. The number of guanidine groups is 2. The van der Waals surface area contributed by atoms with Gasteiger partial charge in [-0.15, -0.1) is 0 Å². The molecule has 0 aromatic carbocycles. The summed E-state index contributed by atoms with van der Waals surface area (Å²) >= 11 is 0. The van der Waals surface area contributed by atoms with E-state index in [1.165, 1.54) is 22.5 Å². The SMILES string of the molecule is NC1=NC2C(N=CN2[C@@H]2O[C@@H]3CO[PH](O)(O)O[C@@H]4C(COP(=O)(O)O[C@H]3[C@H]2O)O[C@@H](N2C=NC3C(=O)NC(N)=NC32)[C@@H]4O)C(=O)N1. The number of phosphoric acid groups is 1. The number of amides is 2. The molecule has 11 N–H and O–H groups in total. The van der Waals surface area contributed by atoms with Crippen LogP contribution < -0.4 is 22.1 Å². The van der Waals surface area contributed by atoms with Crippen molar-refractivity contribution in [2.45, 2.75) is 73.5 Å². The summed E-state index contributed by atoms with van der Waals surface area (Å²) in [6.45, 7) is -1.59. The normalized spacial score (nSPS) is 47.3. The molecule has 0 bridgehead atoms. The van der Waals surface area contributed by atoms with Crippen molar-refractivity contribution >= 4 is 52.4 Å². The van der Waals surface area contributed by atoms with Crippen molar-refractivity contribution in [3.63, 3.8) is 0 Å². The van der Waals surface area contributed by atoms with Gasteiger partial charge in [0.15, 0.2) is 0 Å². The molecule has 0 radical (unpaired) electrons. The molecule has 7 rings (SSSR count). The molecular formula is C20H30N10O14P2. The van der Waals surface area contributed by atoms with E-state index in [4.69, 9.17) is 39.0 Å². The Morgan fingerprint density at radius 3 is 1.91 bits per heavy atom. The molecule has 7 aliphatic rings. The van der Waals surface area contributed by atoms with Gasteiger partial charge in [-0.25, -0.2) is 0 Å². The maximum atomic E-state index is 13.1. The molecule has 6 unspecified atom stereocenters. The summed E-state index contributed by atoms with van der Waals surface area (Å²) in [5, 5.41) is 27.0. The standard InChI is InChI=1S/C20H30N10O14P2/c21-19-25-13-7(15(33)27-19)23-3-29(13)17-9(31)11-5(41-17)1-39-45(35,36)44-12-6(2-40-46(37,38)43-11)42-18(10(12)32)30-4-24-8-14(30)26-20(22)28-16(8)34/h3-14,17-18,31-32,35-36,45H,1-2H2,(H,37,38)(H3,21,25,27,33)(H3,22,26,28,34)/t5-,6?,7?,8?,9-,10-,11-,12-,13?,14?,17-,18-/m1/s1. The summed E-state index contributed by atoms with van der Waals surface area (Å²) in [6.07, 6.45) is -12.1. The van der Waals surface area contributed by atoms with Crippen LogP contribution in [0.15, 0.2) is 20.0 Å². The van der Waals surface area contributed by atoms with Crippen LogP contribution in [0.25, 0.3) is 0 Å². The van der Waals surface area contributed by atoms with Gasteiger partial charge in [0.1, 0.15) is 0 Å². The van der Waals surface area contributed by atoms with Crippen molar-refractivity contribution in [3.8, 4) is 0 Å². The van der Waals surface area contributed by atoms with Crippen molar-refractivity contribution in [2.24, 2.45) is 31.4 Å². The summed E-state index contributed by atoms with van der Waals surface area (Å²) in [5.74, 6) is -1.54. The van der Waals surface area contributed by atoms with Gasteiger partial charge in [-0.05, 0) is 0 Å². The minimum absolute atomic E-state index is 0.209. The molecule has 0 aliphatic carbocycles. The Balaban J connectivity index is 1.10. The van der Waals surface area contributed by atoms with E-state index in [1.807, 2.05) is 0 Å². The zero-order chi connectivity index (χ0) is 32.7. The van der Waals surface area contributed by atoms with E-state index >= 15 is 0 Å². The first-order chi connectivity index (χ1) is 21.7.